The SMILES string of the molecule is O=S(=O)(Cc1ccccc1CN(Cc1ccncc1)C1CC1)c1ccccc1. The molecule has 4 nitrogen and oxygen atoms in total. The second-order valence-corrected chi connectivity index (χ2v) is 9.32. The van der Waals surface area contributed by atoms with Crippen molar-refractivity contribution in [3.8, 4) is 0 Å². The van der Waals surface area contributed by atoms with E-state index in [0.29, 0.717) is 10.9 Å². The normalized spacial score (nSPS) is 14.3. The molecule has 1 heterocycles. The molecule has 0 N–H and O–H groups in total. The van der Waals surface area contributed by atoms with Gasteiger partial charge in [-0.3, -0.25) is 9.88 Å². The number of hydrogen-bond acceptors (Lipinski definition) is 4. The molecule has 1 saturated carbocycles. The maximum Gasteiger partial charge on any atom is 0.182 e. The molecule has 4 rings (SSSR count). The Morgan fingerprint density at radius 2 is 1.46 bits per heavy atom. The molecule has 5 heteroatoms. The van der Waals surface area contributed by atoms with Crippen LogP contribution in [0.4, 0.5) is 0 Å². The molecule has 144 valence electrons. The Kier molecular flexibility index (Phi) is 5.55. The van der Waals surface area contributed by atoms with Crippen LogP contribution in [-0.2, 0) is 28.7 Å². The molecule has 2 aromatic carbocycles. The maximum atomic E-state index is 12.9. The van der Waals surface area contributed by atoms with Gasteiger partial charge in [0.1, 0.15) is 0 Å². The molecule has 0 saturated heterocycles. The van der Waals surface area contributed by atoms with Crippen molar-refractivity contribution in [2.75, 3.05) is 0 Å². The number of hydrogen-bond donors (Lipinski definition) is 0. The molecule has 0 aliphatic heterocycles. The van der Waals surface area contributed by atoms with Gasteiger partial charge in [0.15, 0.2) is 9.84 Å². The van der Waals surface area contributed by atoms with Gasteiger partial charge < -0.3 is 0 Å². The van der Waals surface area contributed by atoms with Crippen LogP contribution in [0, 0.1) is 0 Å². The summed E-state index contributed by atoms with van der Waals surface area (Å²) in [5, 5.41) is 0. The lowest BCUT2D eigenvalue weighted by Crippen LogP contribution is -2.26. The van der Waals surface area contributed by atoms with E-state index in [0.717, 1.165) is 24.2 Å². The average Bonchev–Trinajstić information content (AvgIpc) is 3.56. The molecule has 0 atom stereocenters. The number of sulfone groups is 1. The van der Waals surface area contributed by atoms with Crippen molar-refractivity contribution in [3.63, 3.8) is 0 Å². The number of pyridine rings is 1. The van der Waals surface area contributed by atoms with E-state index in [9.17, 15) is 8.42 Å². The lowest BCUT2D eigenvalue weighted by molar-refractivity contribution is 0.245. The molecule has 28 heavy (non-hydrogen) atoms. The Bertz CT molecular complexity index is 1020. The molecule has 0 spiro atoms. The highest BCUT2D eigenvalue weighted by molar-refractivity contribution is 7.90. The van der Waals surface area contributed by atoms with Crippen molar-refractivity contribution < 1.29 is 8.42 Å². The predicted octanol–water partition coefficient (Wildman–Crippen LogP) is 4.22. The summed E-state index contributed by atoms with van der Waals surface area (Å²) in [5.41, 5.74) is 3.20. The summed E-state index contributed by atoms with van der Waals surface area (Å²) in [6.07, 6.45) is 6.05. The van der Waals surface area contributed by atoms with Crippen LogP contribution in [0.2, 0.25) is 0 Å². The first-order chi connectivity index (χ1) is 13.6. The number of benzene rings is 2. The first-order valence-corrected chi connectivity index (χ1v) is 11.2. The molecular weight excluding hydrogens is 368 g/mol. The third kappa shape index (κ3) is 4.66. The van der Waals surface area contributed by atoms with Crippen LogP contribution in [0.1, 0.15) is 29.5 Å². The van der Waals surface area contributed by atoms with Crippen molar-refractivity contribution in [1.29, 1.82) is 0 Å². The van der Waals surface area contributed by atoms with E-state index in [4.69, 9.17) is 0 Å². The Morgan fingerprint density at radius 1 is 0.821 bits per heavy atom. The van der Waals surface area contributed by atoms with Crippen LogP contribution in [0.5, 0.6) is 0 Å². The zero-order chi connectivity index (χ0) is 19.4. The Labute approximate surface area is 166 Å². The second kappa shape index (κ2) is 8.25. The van der Waals surface area contributed by atoms with Gasteiger partial charge in [-0.2, -0.15) is 0 Å². The highest BCUT2D eigenvalue weighted by Crippen LogP contribution is 2.31. The molecule has 3 aromatic rings. The lowest BCUT2D eigenvalue weighted by Gasteiger charge is -2.23. The van der Waals surface area contributed by atoms with Crippen LogP contribution in [0.3, 0.4) is 0 Å². The van der Waals surface area contributed by atoms with Crippen LogP contribution >= 0.6 is 0 Å². The third-order valence-electron chi connectivity index (χ3n) is 5.14. The van der Waals surface area contributed by atoms with Crippen molar-refractivity contribution in [2.24, 2.45) is 0 Å². The van der Waals surface area contributed by atoms with Crippen LogP contribution in [0.15, 0.2) is 84.0 Å². The van der Waals surface area contributed by atoms with Gasteiger partial charge in [0.25, 0.3) is 0 Å². The molecule has 0 amide bonds. The highest BCUT2D eigenvalue weighted by atomic mass is 32.2. The summed E-state index contributed by atoms with van der Waals surface area (Å²) in [4.78, 5) is 6.92. The molecular formula is C23H24N2O2S. The van der Waals surface area contributed by atoms with Crippen LogP contribution in [-0.4, -0.2) is 24.3 Å². The number of rotatable bonds is 8. The summed E-state index contributed by atoms with van der Waals surface area (Å²) in [6.45, 7) is 1.61. The van der Waals surface area contributed by atoms with E-state index in [1.165, 1.54) is 18.4 Å². The zero-order valence-electron chi connectivity index (χ0n) is 15.7. The molecule has 1 aliphatic carbocycles. The number of aromatic nitrogens is 1. The smallest absolute Gasteiger partial charge is 0.182 e. The van der Waals surface area contributed by atoms with Crippen molar-refractivity contribution in [3.05, 3.63) is 95.8 Å². The van der Waals surface area contributed by atoms with Crippen molar-refractivity contribution >= 4 is 9.84 Å². The van der Waals surface area contributed by atoms with E-state index >= 15 is 0 Å². The van der Waals surface area contributed by atoms with E-state index in [-0.39, 0.29) is 5.75 Å². The Morgan fingerprint density at radius 3 is 2.14 bits per heavy atom. The Hall–Kier alpha value is -2.50. The van der Waals surface area contributed by atoms with Gasteiger partial charge in [0.05, 0.1) is 10.6 Å². The van der Waals surface area contributed by atoms with Crippen molar-refractivity contribution in [2.45, 2.75) is 42.6 Å². The molecule has 1 aliphatic rings. The minimum atomic E-state index is -3.36. The summed E-state index contributed by atoms with van der Waals surface area (Å²) in [6, 6.07) is 21.3. The second-order valence-electron chi connectivity index (χ2n) is 7.33. The van der Waals surface area contributed by atoms with Gasteiger partial charge in [-0.1, -0.05) is 42.5 Å². The van der Waals surface area contributed by atoms with Gasteiger partial charge in [0, 0.05) is 31.5 Å². The summed E-state index contributed by atoms with van der Waals surface area (Å²) < 4.78 is 25.7. The summed E-state index contributed by atoms with van der Waals surface area (Å²) in [5.74, 6) is 0.0287. The quantitative estimate of drug-likeness (QED) is 0.576. The van der Waals surface area contributed by atoms with Gasteiger partial charge in [-0.05, 0) is 53.8 Å². The van der Waals surface area contributed by atoms with Gasteiger partial charge in [-0.25, -0.2) is 8.42 Å². The maximum absolute atomic E-state index is 12.9. The topological polar surface area (TPSA) is 50.3 Å². The van der Waals surface area contributed by atoms with Crippen molar-refractivity contribution in [1.82, 2.24) is 9.88 Å². The minimum Gasteiger partial charge on any atom is -0.292 e. The van der Waals surface area contributed by atoms with E-state index in [2.05, 4.69) is 16.0 Å². The van der Waals surface area contributed by atoms with Crippen LogP contribution < -0.4 is 0 Å². The first kappa shape index (κ1) is 18.8. The van der Waals surface area contributed by atoms with Gasteiger partial charge in [-0.15, -0.1) is 0 Å². The van der Waals surface area contributed by atoms with E-state index < -0.39 is 9.84 Å². The third-order valence-corrected chi connectivity index (χ3v) is 6.82. The first-order valence-electron chi connectivity index (χ1n) is 9.59. The molecule has 0 radical (unpaired) electrons. The molecule has 0 unspecified atom stereocenters. The summed E-state index contributed by atoms with van der Waals surface area (Å²) in [7, 11) is -3.36. The standard InChI is InChI=1S/C23H24N2O2S/c26-28(27,23-8-2-1-3-9-23)18-21-7-5-4-6-20(21)17-25(22-10-11-22)16-19-12-14-24-15-13-19/h1-9,12-15,22H,10-11,16-18H2. The van der Waals surface area contributed by atoms with Crippen LogP contribution in [0.25, 0.3) is 0 Å². The molecule has 0 bridgehead atoms. The van der Waals surface area contributed by atoms with Gasteiger partial charge >= 0.3 is 0 Å². The fraction of sp³-hybridized carbons (Fsp3) is 0.261. The Balaban J connectivity index is 1.55. The minimum absolute atomic E-state index is 0.0287. The lowest BCUT2D eigenvalue weighted by atomic mass is 10.1. The summed E-state index contributed by atoms with van der Waals surface area (Å²) >= 11 is 0. The predicted molar refractivity (Wildman–Crippen MR) is 110 cm³/mol. The largest absolute Gasteiger partial charge is 0.292 e. The zero-order valence-corrected chi connectivity index (χ0v) is 16.6. The molecule has 1 aromatic heterocycles. The van der Waals surface area contributed by atoms with Gasteiger partial charge in [0.2, 0.25) is 0 Å². The fourth-order valence-electron chi connectivity index (χ4n) is 3.46. The van der Waals surface area contributed by atoms with E-state index in [1.807, 2.05) is 48.8 Å². The monoisotopic (exact) mass is 392 g/mol. The number of nitrogens with zero attached hydrogens (tertiary/aromatic N) is 2. The fourth-order valence-corrected chi connectivity index (χ4v) is 4.89. The average molecular weight is 393 g/mol. The van der Waals surface area contributed by atoms with E-state index in [1.54, 1.807) is 24.3 Å². The molecule has 1 fully saturated rings. The highest BCUT2D eigenvalue weighted by Gasteiger charge is 2.29.